The number of nitrogens with one attached hydrogen (secondary N) is 1. The first kappa shape index (κ1) is 25.7. The number of nitrogens with zero attached hydrogens (tertiary/aromatic N) is 5. The molecule has 0 bridgehead atoms. The number of benzene rings is 1. The maximum atomic E-state index is 13.9. The summed E-state index contributed by atoms with van der Waals surface area (Å²) in [5.74, 6) is 2.32. The van der Waals surface area contributed by atoms with Gasteiger partial charge < -0.3 is 28.5 Å². The van der Waals surface area contributed by atoms with Gasteiger partial charge in [0.1, 0.15) is 18.1 Å². The fourth-order valence-corrected chi connectivity index (χ4v) is 5.13. The minimum absolute atomic E-state index is 0.0532. The van der Waals surface area contributed by atoms with Crippen LogP contribution >= 0.6 is 0 Å². The molecule has 0 spiro atoms. The van der Waals surface area contributed by atoms with Gasteiger partial charge in [-0.3, -0.25) is 9.59 Å². The van der Waals surface area contributed by atoms with E-state index in [1.807, 2.05) is 19.1 Å². The lowest BCUT2D eigenvalue weighted by molar-refractivity contribution is -0.143. The van der Waals surface area contributed by atoms with E-state index in [2.05, 4.69) is 20.7 Å². The SMILES string of the molecule is Cc1ccc(-c2nnn(CC(=O)N(Cc3ccc4c(c3)OCO4)C(C(=O)NC3CCCCC3)c3ccco3)n2)o1. The Morgan fingerprint density at radius 1 is 1.10 bits per heavy atom. The van der Waals surface area contributed by atoms with Crippen molar-refractivity contribution >= 4 is 11.8 Å². The highest BCUT2D eigenvalue weighted by molar-refractivity contribution is 5.88. The fraction of sp³-hybridized carbons (Fsp3) is 0.393. The van der Waals surface area contributed by atoms with Crippen LogP contribution in [0.1, 0.15) is 55.2 Å². The van der Waals surface area contributed by atoms with Gasteiger partial charge in [-0.2, -0.15) is 4.80 Å². The summed E-state index contributed by atoms with van der Waals surface area (Å²) >= 11 is 0. The zero-order chi connectivity index (χ0) is 27.5. The molecule has 0 radical (unpaired) electrons. The normalized spacial score (nSPS) is 15.6. The number of hydrogen-bond acceptors (Lipinski definition) is 9. The van der Waals surface area contributed by atoms with Crippen LogP contribution in [0, 0.1) is 6.92 Å². The average molecular weight is 547 g/mol. The molecule has 1 aliphatic heterocycles. The first-order valence-electron chi connectivity index (χ1n) is 13.4. The van der Waals surface area contributed by atoms with Crippen LogP contribution in [-0.4, -0.2) is 49.8 Å². The van der Waals surface area contributed by atoms with Crippen molar-refractivity contribution in [2.24, 2.45) is 0 Å². The van der Waals surface area contributed by atoms with Gasteiger partial charge in [-0.1, -0.05) is 25.3 Å². The number of fused-ring (bicyclic) bond motifs is 1. The van der Waals surface area contributed by atoms with E-state index < -0.39 is 11.9 Å². The number of aryl methyl sites for hydroxylation is 1. The molecular formula is C28H30N6O6. The number of amides is 2. The predicted octanol–water partition coefficient (Wildman–Crippen LogP) is 3.78. The van der Waals surface area contributed by atoms with Crippen LogP contribution in [0.4, 0.5) is 0 Å². The second kappa shape index (κ2) is 11.2. The van der Waals surface area contributed by atoms with Crippen LogP contribution in [0.3, 0.4) is 0 Å². The number of ether oxygens (including phenoxy) is 2. The Hall–Kier alpha value is -4.61. The zero-order valence-corrected chi connectivity index (χ0v) is 22.1. The van der Waals surface area contributed by atoms with Crippen LogP contribution in [0.15, 0.2) is 57.6 Å². The molecule has 208 valence electrons. The monoisotopic (exact) mass is 546 g/mol. The van der Waals surface area contributed by atoms with E-state index in [0.717, 1.165) is 37.7 Å². The minimum Gasteiger partial charge on any atom is -0.467 e. The zero-order valence-electron chi connectivity index (χ0n) is 22.1. The summed E-state index contributed by atoms with van der Waals surface area (Å²) in [6.07, 6.45) is 6.59. The van der Waals surface area contributed by atoms with Gasteiger partial charge in [-0.25, -0.2) is 0 Å². The van der Waals surface area contributed by atoms with Crippen molar-refractivity contribution in [1.29, 1.82) is 0 Å². The number of carbonyl (C=O) groups is 2. The van der Waals surface area contributed by atoms with E-state index >= 15 is 0 Å². The first-order chi connectivity index (χ1) is 19.5. The highest BCUT2D eigenvalue weighted by Gasteiger charge is 2.35. The van der Waals surface area contributed by atoms with E-state index in [1.54, 1.807) is 30.3 Å². The van der Waals surface area contributed by atoms with Crippen molar-refractivity contribution in [2.75, 3.05) is 6.79 Å². The Kier molecular flexibility index (Phi) is 7.21. The van der Waals surface area contributed by atoms with Gasteiger partial charge in [0.2, 0.25) is 18.5 Å². The lowest BCUT2D eigenvalue weighted by atomic mass is 9.95. The topological polar surface area (TPSA) is 138 Å². The Labute approximate surface area is 230 Å². The fourth-order valence-electron chi connectivity index (χ4n) is 5.13. The van der Waals surface area contributed by atoms with Crippen molar-refractivity contribution in [3.8, 4) is 23.1 Å². The summed E-state index contributed by atoms with van der Waals surface area (Å²) in [5.41, 5.74) is 0.762. The van der Waals surface area contributed by atoms with Gasteiger partial charge in [0.15, 0.2) is 23.3 Å². The molecule has 40 heavy (non-hydrogen) atoms. The maximum Gasteiger partial charge on any atom is 0.250 e. The van der Waals surface area contributed by atoms with Crippen LogP contribution in [-0.2, 0) is 22.7 Å². The smallest absolute Gasteiger partial charge is 0.250 e. The second-order valence-corrected chi connectivity index (χ2v) is 10.0. The summed E-state index contributed by atoms with van der Waals surface area (Å²) < 4.78 is 22.3. The van der Waals surface area contributed by atoms with E-state index in [4.69, 9.17) is 18.3 Å². The molecular weight excluding hydrogens is 516 g/mol. The van der Waals surface area contributed by atoms with Crippen molar-refractivity contribution in [1.82, 2.24) is 30.4 Å². The van der Waals surface area contributed by atoms with Gasteiger partial charge in [-0.05, 0) is 66.9 Å². The Balaban J connectivity index is 1.30. The van der Waals surface area contributed by atoms with Crippen LogP contribution in [0.5, 0.6) is 11.5 Å². The third-order valence-corrected chi connectivity index (χ3v) is 7.12. The molecule has 12 nitrogen and oxygen atoms in total. The third kappa shape index (κ3) is 5.56. The van der Waals surface area contributed by atoms with Gasteiger partial charge in [-0.15, -0.1) is 10.2 Å². The van der Waals surface area contributed by atoms with Gasteiger partial charge in [0.25, 0.3) is 5.91 Å². The Morgan fingerprint density at radius 3 is 2.73 bits per heavy atom. The molecule has 1 unspecified atom stereocenters. The molecule has 6 rings (SSSR count). The van der Waals surface area contributed by atoms with E-state index in [9.17, 15) is 9.59 Å². The summed E-state index contributed by atoms with van der Waals surface area (Å²) in [7, 11) is 0. The molecule has 12 heteroatoms. The van der Waals surface area contributed by atoms with Crippen LogP contribution in [0.2, 0.25) is 0 Å². The maximum absolute atomic E-state index is 13.9. The lowest BCUT2D eigenvalue weighted by Crippen LogP contribution is -2.47. The number of rotatable bonds is 9. The molecule has 4 heterocycles. The molecule has 1 fully saturated rings. The third-order valence-electron chi connectivity index (χ3n) is 7.12. The molecule has 0 saturated heterocycles. The Bertz CT molecular complexity index is 1470. The molecule has 1 atom stereocenters. The summed E-state index contributed by atoms with van der Waals surface area (Å²) in [4.78, 5) is 30.4. The predicted molar refractivity (Wildman–Crippen MR) is 140 cm³/mol. The lowest BCUT2D eigenvalue weighted by Gasteiger charge is -2.32. The van der Waals surface area contributed by atoms with Gasteiger partial charge in [0, 0.05) is 12.6 Å². The summed E-state index contributed by atoms with van der Waals surface area (Å²) in [6.45, 7) is 1.82. The van der Waals surface area contributed by atoms with Crippen LogP contribution in [0.25, 0.3) is 11.6 Å². The molecule has 1 saturated carbocycles. The molecule has 4 aromatic rings. The van der Waals surface area contributed by atoms with Crippen molar-refractivity contribution in [2.45, 2.75) is 64.2 Å². The quantitative estimate of drug-likeness (QED) is 0.332. The van der Waals surface area contributed by atoms with E-state index in [1.165, 1.54) is 16.0 Å². The Morgan fingerprint density at radius 2 is 1.95 bits per heavy atom. The largest absolute Gasteiger partial charge is 0.467 e. The first-order valence-corrected chi connectivity index (χ1v) is 13.4. The molecule has 1 aliphatic carbocycles. The molecule has 3 aromatic heterocycles. The van der Waals surface area contributed by atoms with Gasteiger partial charge in [0.05, 0.1) is 6.26 Å². The minimum atomic E-state index is -1.01. The number of carbonyl (C=O) groups excluding carboxylic acids is 2. The molecule has 2 amide bonds. The molecule has 2 aliphatic rings. The second-order valence-electron chi connectivity index (χ2n) is 10.0. The summed E-state index contributed by atoms with van der Waals surface area (Å²) in [6, 6.07) is 11.4. The molecule has 1 N–H and O–H groups in total. The average Bonchev–Trinajstić information content (AvgIpc) is 3.77. The summed E-state index contributed by atoms with van der Waals surface area (Å²) in [5, 5.41) is 15.6. The highest BCUT2D eigenvalue weighted by Crippen LogP contribution is 2.34. The number of aromatic nitrogens is 4. The number of furan rings is 2. The number of hydrogen-bond donors (Lipinski definition) is 1. The van der Waals surface area contributed by atoms with E-state index in [0.29, 0.717) is 28.8 Å². The number of tetrazole rings is 1. The van der Waals surface area contributed by atoms with Crippen molar-refractivity contribution < 1.29 is 27.9 Å². The van der Waals surface area contributed by atoms with Crippen molar-refractivity contribution in [3.05, 3.63) is 65.8 Å². The van der Waals surface area contributed by atoms with Crippen molar-refractivity contribution in [3.63, 3.8) is 0 Å². The standard InChI is InChI=1S/C28H30N6O6/c1-18-9-11-23(40-18)27-30-32-34(31-27)16-25(35)33(15-19-10-12-21-24(14-19)39-17-38-21)26(22-8-5-13-37-22)28(36)29-20-6-3-2-4-7-20/h5,8-14,20,26H,2-4,6-7,15-17H2,1H3,(H,29,36). The van der Waals surface area contributed by atoms with E-state index in [-0.39, 0.29) is 37.7 Å². The molecule has 1 aromatic carbocycles. The van der Waals surface area contributed by atoms with Gasteiger partial charge >= 0.3 is 0 Å². The van der Waals surface area contributed by atoms with Crippen LogP contribution < -0.4 is 14.8 Å². The highest BCUT2D eigenvalue weighted by atomic mass is 16.7.